The Hall–Kier alpha value is -1.48. The zero-order chi connectivity index (χ0) is 13.7. The average Bonchev–Trinajstić information content (AvgIpc) is 2.73. The fourth-order valence-corrected chi connectivity index (χ4v) is 2.10. The maximum Gasteiger partial charge on any atom is 0.289 e. The second kappa shape index (κ2) is 6.62. The SMILES string of the molecule is CCCCCC1NC(=O)/C(=C/c2ccc(Cl)cc2)O1. The lowest BCUT2D eigenvalue weighted by Gasteiger charge is -2.08. The Bertz CT molecular complexity index is 468. The van der Waals surface area contributed by atoms with Crippen molar-refractivity contribution in [2.45, 2.75) is 38.8 Å². The molecule has 1 atom stereocenters. The van der Waals surface area contributed by atoms with Crippen molar-refractivity contribution in [2.75, 3.05) is 0 Å². The maximum atomic E-state index is 11.8. The van der Waals surface area contributed by atoms with E-state index >= 15 is 0 Å². The third-order valence-electron chi connectivity index (χ3n) is 3.02. The molecule has 1 saturated heterocycles. The quantitative estimate of drug-likeness (QED) is 0.659. The van der Waals surface area contributed by atoms with Crippen LogP contribution in [0.2, 0.25) is 5.02 Å². The van der Waals surface area contributed by atoms with Gasteiger partial charge in [-0.15, -0.1) is 0 Å². The normalized spacial score (nSPS) is 20.4. The van der Waals surface area contributed by atoms with Gasteiger partial charge in [0.2, 0.25) is 0 Å². The standard InChI is InChI=1S/C15H18ClNO2/c1-2-3-4-5-14-17-15(18)13(19-14)10-11-6-8-12(16)9-7-11/h6-10,14H,2-5H2,1H3,(H,17,18)/b13-10-. The van der Waals surface area contributed by atoms with Gasteiger partial charge in [-0.2, -0.15) is 0 Å². The number of halogens is 1. The third kappa shape index (κ3) is 4.00. The van der Waals surface area contributed by atoms with Gasteiger partial charge in [0.1, 0.15) is 0 Å². The molecule has 0 aromatic heterocycles. The first-order valence-corrected chi connectivity index (χ1v) is 7.01. The second-order valence-electron chi connectivity index (χ2n) is 4.64. The number of amides is 1. The summed E-state index contributed by atoms with van der Waals surface area (Å²) in [6, 6.07) is 7.30. The van der Waals surface area contributed by atoms with Gasteiger partial charge in [0.05, 0.1) is 0 Å². The van der Waals surface area contributed by atoms with E-state index in [0.717, 1.165) is 31.2 Å². The highest BCUT2D eigenvalue weighted by molar-refractivity contribution is 6.30. The van der Waals surface area contributed by atoms with Gasteiger partial charge in [-0.25, -0.2) is 0 Å². The molecule has 3 nitrogen and oxygen atoms in total. The maximum absolute atomic E-state index is 11.8. The van der Waals surface area contributed by atoms with Gasteiger partial charge in [-0.1, -0.05) is 43.5 Å². The van der Waals surface area contributed by atoms with Crippen LogP contribution in [-0.4, -0.2) is 12.1 Å². The number of benzene rings is 1. The Morgan fingerprint density at radius 2 is 2.05 bits per heavy atom. The molecule has 4 heteroatoms. The van der Waals surface area contributed by atoms with Crippen LogP contribution in [0.1, 0.15) is 38.2 Å². The molecule has 1 aliphatic rings. The minimum absolute atomic E-state index is 0.142. The number of rotatable bonds is 5. The number of nitrogens with one attached hydrogen (secondary N) is 1. The first-order valence-electron chi connectivity index (χ1n) is 6.64. The Balaban J connectivity index is 1.97. The van der Waals surface area contributed by atoms with E-state index in [0.29, 0.717) is 10.8 Å². The molecule has 0 bridgehead atoms. The molecule has 0 saturated carbocycles. The lowest BCUT2D eigenvalue weighted by Crippen LogP contribution is -2.25. The van der Waals surface area contributed by atoms with Crippen molar-refractivity contribution < 1.29 is 9.53 Å². The first-order chi connectivity index (χ1) is 9.19. The van der Waals surface area contributed by atoms with Crippen molar-refractivity contribution in [3.8, 4) is 0 Å². The zero-order valence-electron chi connectivity index (χ0n) is 11.0. The summed E-state index contributed by atoms with van der Waals surface area (Å²) < 4.78 is 5.62. The molecular formula is C15H18ClNO2. The number of carbonyl (C=O) groups excluding carboxylic acids is 1. The predicted octanol–water partition coefficient (Wildman–Crippen LogP) is 3.73. The van der Waals surface area contributed by atoms with E-state index in [1.54, 1.807) is 18.2 Å². The van der Waals surface area contributed by atoms with Crippen molar-refractivity contribution in [3.63, 3.8) is 0 Å². The highest BCUT2D eigenvalue weighted by Crippen LogP contribution is 2.19. The van der Waals surface area contributed by atoms with Crippen molar-refractivity contribution in [2.24, 2.45) is 0 Å². The summed E-state index contributed by atoms with van der Waals surface area (Å²) in [6.45, 7) is 2.15. The van der Waals surface area contributed by atoms with Crippen LogP contribution in [0.4, 0.5) is 0 Å². The van der Waals surface area contributed by atoms with E-state index in [4.69, 9.17) is 16.3 Å². The molecule has 2 rings (SSSR count). The molecule has 1 fully saturated rings. The van der Waals surface area contributed by atoms with Gasteiger partial charge in [-0.05, 0) is 30.2 Å². The van der Waals surface area contributed by atoms with Crippen LogP contribution in [0, 0.1) is 0 Å². The summed E-state index contributed by atoms with van der Waals surface area (Å²) in [4.78, 5) is 11.8. The highest BCUT2D eigenvalue weighted by Gasteiger charge is 2.26. The molecule has 0 radical (unpaired) electrons. The van der Waals surface area contributed by atoms with Crippen LogP contribution in [0.3, 0.4) is 0 Å². The minimum Gasteiger partial charge on any atom is -0.465 e. The Morgan fingerprint density at radius 1 is 1.32 bits per heavy atom. The Morgan fingerprint density at radius 3 is 2.74 bits per heavy atom. The van der Waals surface area contributed by atoms with Gasteiger partial charge in [0.25, 0.3) is 5.91 Å². The smallest absolute Gasteiger partial charge is 0.289 e. The fraction of sp³-hybridized carbons (Fsp3) is 0.400. The van der Waals surface area contributed by atoms with Gasteiger partial charge in [0.15, 0.2) is 12.0 Å². The first kappa shape index (κ1) is 13.9. The van der Waals surface area contributed by atoms with E-state index in [1.165, 1.54) is 0 Å². The van der Waals surface area contributed by atoms with Gasteiger partial charge < -0.3 is 10.1 Å². The number of hydrogen-bond acceptors (Lipinski definition) is 2. The topological polar surface area (TPSA) is 38.3 Å². The molecule has 1 aromatic carbocycles. The summed E-state index contributed by atoms with van der Waals surface area (Å²) in [5, 5.41) is 3.52. The Kier molecular flexibility index (Phi) is 4.86. The van der Waals surface area contributed by atoms with Gasteiger partial charge in [-0.3, -0.25) is 4.79 Å². The molecule has 102 valence electrons. The molecule has 1 amide bonds. The number of ether oxygens (including phenoxy) is 1. The summed E-state index contributed by atoms with van der Waals surface area (Å²) in [5.74, 6) is 0.236. The molecule has 1 unspecified atom stereocenters. The average molecular weight is 280 g/mol. The van der Waals surface area contributed by atoms with E-state index in [9.17, 15) is 4.79 Å². The molecular weight excluding hydrogens is 262 g/mol. The van der Waals surface area contributed by atoms with Crippen LogP contribution < -0.4 is 5.32 Å². The van der Waals surface area contributed by atoms with Crippen molar-refractivity contribution in [3.05, 3.63) is 40.6 Å². The molecule has 19 heavy (non-hydrogen) atoms. The number of unbranched alkanes of at least 4 members (excludes halogenated alkanes) is 2. The summed E-state index contributed by atoms with van der Waals surface area (Å²) in [6.07, 6.45) is 5.80. The molecule has 1 aromatic rings. The molecule has 0 aliphatic carbocycles. The van der Waals surface area contributed by atoms with Gasteiger partial charge in [0, 0.05) is 11.4 Å². The lowest BCUT2D eigenvalue weighted by molar-refractivity contribution is -0.116. The van der Waals surface area contributed by atoms with Crippen molar-refractivity contribution in [1.29, 1.82) is 0 Å². The van der Waals surface area contributed by atoms with E-state index < -0.39 is 0 Å². The van der Waals surface area contributed by atoms with Gasteiger partial charge >= 0.3 is 0 Å². The summed E-state index contributed by atoms with van der Waals surface area (Å²) in [5.41, 5.74) is 0.906. The Labute approximate surface area is 118 Å². The van der Waals surface area contributed by atoms with Crippen LogP contribution in [0.25, 0.3) is 6.08 Å². The van der Waals surface area contributed by atoms with Crippen LogP contribution in [0.15, 0.2) is 30.0 Å². The van der Waals surface area contributed by atoms with E-state index in [-0.39, 0.29) is 12.1 Å². The van der Waals surface area contributed by atoms with Crippen LogP contribution in [-0.2, 0) is 9.53 Å². The fourth-order valence-electron chi connectivity index (χ4n) is 1.97. The van der Waals surface area contributed by atoms with Crippen LogP contribution >= 0.6 is 11.6 Å². The third-order valence-corrected chi connectivity index (χ3v) is 3.27. The summed E-state index contributed by atoms with van der Waals surface area (Å²) in [7, 11) is 0. The lowest BCUT2D eigenvalue weighted by atomic mass is 10.2. The predicted molar refractivity (Wildman–Crippen MR) is 76.6 cm³/mol. The van der Waals surface area contributed by atoms with Crippen molar-refractivity contribution >= 4 is 23.6 Å². The summed E-state index contributed by atoms with van der Waals surface area (Å²) >= 11 is 5.82. The second-order valence-corrected chi connectivity index (χ2v) is 5.07. The highest BCUT2D eigenvalue weighted by atomic mass is 35.5. The monoisotopic (exact) mass is 279 g/mol. The molecule has 1 heterocycles. The number of hydrogen-bond donors (Lipinski definition) is 1. The zero-order valence-corrected chi connectivity index (χ0v) is 11.7. The van der Waals surface area contributed by atoms with E-state index in [1.807, 2.05) is 12.1 Å². The van der Waals surface area contributed by atoms with Crippen LogP contribution in [0.5, 0.6) is 0 Å². The van der Waals surface area contributed by atoms with E-state index in [2.05, 4.69) is 12.2 Å². The van der Waals surface area contributed by atoms with Crippen molar-refractivity contribution in [1.82, 2.24) is 5.32 Å². The number of carbonyl (C=O) groups is 1. The molecule has 0 spiro atoms. The molecule has 1 aliphatic heterocycles. The largest absolute Gasteiger partial charge is 0.465 e. The minimum atomic E-state index is -0.183. The molecule has 1 N–H and O–H groups in total.